The molecule has 0 aromatic carbocycles. The molecule has 0 atom stereocenters. The molecule has 0 fully saturated rings. The zero-order valence-corrected chi connectivity index (χ0v) is 27.9. The van der Waals surface area contributed by atoms with Crippen LogP contribution in [0.5, 0.6) is 0 Å². The van der Waals surface area contributed by atoms with Crippen molar-refractivity contribution in [1.29, 1.82) is 0 Å². The van der Waals surface area contributed by atoms with Crippen LogP contribution in [0.25, 0.3) is 30.8 Å². The van der Waals surface area contributed by atoms with Crippen LogP contribution in [-0.2, 0) is 185 Å². The maximum atomic E-state index is 0. The van der Waals surface area contributed by atoms with Gasteiger partial charge in [-0.1, -0.05) is 0 Å². The molecule has 5 nitrogen and oxygen atoms in total. The first-order valence-electron chi connectivity index (χ1n) is 0. The minimum Gasteiger partial charge on any atom is -3.00 e. The van der Waals surface area contributed by atoms with Crippen molar-refractivity contribution in [1.82, 2.24) is 0 Å². The zero-order valence-electron chi connectivity index (χ0n) is 5.82. The first-order valence-corrected chi connectivity index (χ1v) is 0. The van der Waals surface area contributed by atoms with Crippen LogP contribution in [0, 0.1) is 0 Å². The molecule has 14 heteroatoms. The fourth-order valence-electron chi connectivity index (χ4n) is 0. The summed E-state index contributed by atoms with van der Waals surface area (Å²) >= 11 is 0. The van der Waals surface area contributed by atoms with Crippen LogP contribution in [0.3, 0.4) is 0 Å². The largest absolute Gasteiger partial charge is 5.00 e. The van der Waals surface area contributed by atoms with E-state index in [9.17, 15) is 0 Å². The van der Waals surface area contributed by atoms with Crippen molar-refractivity contribution < 1.29 is 185 Å². The topological polar surface area (TPSA) is 152 Å². The smallest absolute Gasteiger partial charge is 3.00 e. The molecule has 0 rings (SSSR count). The van der Waals surface area contributed by atoms with Gasteiger partial charge in [-0.2, -0.15) is 0 Å². The Morgan fingerprint density at radius 1 is 0.286 bits per heavy atom. The van der Waals surface area contributed by atoms with E-state index in [4.69, 9.17) is 0 Å². The maximum Gasteiger partial charge on any atom is 5.00 e. The molecule has 0 heterocycles. The molecule has 0 aliphatic carbocycles. The molecule has 0 N–H and O–H groups in total. The Kier molecular flexibility index (Phi) is 2630. The van der Waals surface area contributed by atoms with Crippen molar-refractivity contribution in [2.75, 3.05) is 0 Å². The third-order valence-corrected chi connectivity index (χ3v) is 0. The average Bonchev–Trinajstić information content (AvgIpc) is 0. The second-order valence-electron chi connectivity index (χ2n) is 0. The van der Waals surface area contributed by atoms with E-state index in [1.165, 1.54) is 0 Å². The predicted octanol–water partition coefficient (Wildman–Crippen LogP) is 1.42. The van der Waals surface area contributed by atoms with Gasteiger partial charge >= 0.3 is 67.1 Å². The van der Waals surface area contributed by atoms with Gasteiger partial charge in [0.25, 0.3) is 0 Å². The van der Waals surface area contributed by atoms with Gasteiger partial charge in [0.05, 0.1) is 0 Å². The van der Waals surface area contributed by atoms with E-state index >= 15 is 0 Å². The van der Waals surface area contributed by atoms with Crippen LogP contribution in [0.1, 0.15) is 0 Å². The van der Waals surface area contributed by atoms with E-state index in [0.717, 1.165) is 0 Å². The van der Waals surface area contributed by atoms with Gasteiger partial charge in [0.15, 0.2) is 0 Å². The minimum atomic E-state index is 0. The zero-order chi connectivity index (χ0) is 0. The molecule has 0 aliphatic heterocycles. The third kappa shape index (κ3) is 149. The van der Waals surface area contributed by atoms with E-state index in [0.29, 0.717) is 0 Å². The van der Waals surface area contributed by atoms with Crippen molar-refractivity contribution in [3.8, 4) is 0 Å². The monoisotopic (exact) mass is 1340 g/mol. The van der Waals surface area contributed by atoms with Gasteiger partial charge < -0.3 is 30.8 Å². The van der Waals surface area contributed by atoms with Crippen molar-refractivity contribution in [2.24, 2.45) is 0 Å². The van der Waals surface area contributed by atoms with Gasteiger partial charge in [0.1, 0.15) is 0 Å². The SMILES string of the molecule is [Cu].[Cu].[Cu].[N-3].[N-3].[N-3].[N-3].[N-3].[Ta+5].[Ta+5].[Ta+5].[Ta].[Ta].[Ta]. The summed E-state index contributed by atoms with van der Waals surface area (Å²) in [6.45, 7) is 0. The Balaban J connectivity index is 0. The summed E-state index contributed by atoms with van der Waals surface area (Å²) < 4.78 is 0. The van der Waals surface area contributed by atoms with Gasteiger partial charge in [-0.15, -0.1) is 0 Å². The van der Waals surface area contributed by atoms with Gasteiger partial charge in [-0.25, -0.2) is 0 Å². The van der Waals surface area contributed by atoms with Crippen LogP contribution in [0.4, 0.5) is 0 Å². The number of hydrogen-bond acceptors (Lipinski definition) is 0. The molecule has 0 saturated carbocycles. The molecule has 0 saturated heterocycles. The molecule has 0 spiro atoms. The number of rotatable bonds is 0. The minimum absolute atomic E-state index is 0. The summed E-state index contributed by atoms with van der Waals surface area (Å²) in [6, 6.07) is 0. The van der Waals surface area contributed by atoms with Crippen molar-refractivity contribution in [3.05, 3.63) is 30.8 Å². The van der Waals surface area contributed by atoms with Gasteiger partial charge in [-0.05, 0) is 0 Å². The van der Waals surface area contributed by atoms with Crippen molar-refractivity contribution in [3.63, 3.8) is 0 Å². The van der Waals surface area contributed by atoms with Crippen LogP contribution in [0.15, 0.2) is 0 Å². The molecule has 0 bridgehead atoms. The summed E-state index contributed by atoms with van der Waals surface area (Å²) in [4.78, 5) is 0. The quantitative estimate of drug-likeness (QED) is 0.323. The summed E-state index contributed by atoms with van der Waals surface area (Å²) in [6.07, 6.45) is 0. The van der Waals surface area contributed by atoms with E-state index in [1.54, 1.807) is 0 Å². The molecular formula is Cu3N5Ta6. The van der Waals surface area contributed by atoms with E-state index in [1.807, 2.05) is 0 Å². The average molecular weight is 1350 g/mol. The predicted molar refractivity (Wildman–Crippen MR) is 16.8 cm³/mol. The standard InChI is InChI=1S/3Cu.5N.6Ta/q;;;5*-3;;;;3*+5. The Morgan fingerprint density at radius 2 is 0.286 bits per heavy atom. The van der Waals surface area contributed by atoms with Gasteiger partial charge in [0.2, 0.25) is 0 Å². The Bertz CT molecular complexity index is 21.4. The summed E-state index contributed by atoms with van der Waals surface area (Å²) in [5.41, 5.74) is 0. The number of nitrogens with zero attached hydrogens (tertiary/aromatic N) is 5. The van der Waals surface area contributed by atoms with Crippen molar-refractivity contribution in [2.45, 2.75) is 0 Å². The Morgan fingerprint density at radius 3 is 0.286 bits per heavy atom. The molecular weight excluding hydrogens is 1350 g/mol. The van der Waals surface area contributed by atoms with E-state index in [2.05, 4.69) is 0 Å². The normalized spacial score (nSPS) is 0. The van der Waals surface area contributed by atoms with Crippen molar-refractivity contribution >= 4 is 0 Å². The number of hydrogen-bond donors (Lipinski definition) is 0. The summed E-state index contributed by atoms with van der Waals surface area (Å²) in [5.74, 6) is 0. The molecule has 0 amide bonds. The molecule has 6 radical (unpaired) electrons. The second kappa shape index (κ2) is 177. The summed E-state index contributed by atoms with van der Waals surface area (Å²) in [7, 11) is 0. The van der Waals surface area contributed by atoms with Crippen LogP contribution in [0.2, 0.25) is 0 Å². The fourth-order valence-corrected chi connectivity index (χ4v) is 0. The van der Waals surface area contributed by atoms with Crippen LogP contribution < -0.4 is 0 Å². The molecule has 0 aliphatic rings. The Hall–Kier alpha value is 5.80. The fraction of sp³-hybridized carbons (Fsp3) is 0. The Labute approximate surface area is 212 Å². The molecule has 0 aromatic heterocycles. The maximum absolute atomic E-state index is 0. The molecule has 0 aromatic rings. The summed E-state index contributed by atoms with van der Waals surface area (Å²) in [5, 5.41) is 0. The first-order chi connectivity index (χ1) is 0. The third-order valence-electron chi connectivity index (χ3n) is 0. The van der Waals surface area contributed by atoms with Gasteiger partial charge in [-0.3, -0.25) is 0 Å². The van der Waals surface area contributed by atoms with E-state index in [-0.39, 0.29) is 216 Å². The molecule has 0 unspecified atom stereocenters. The van der Waals surface area contributed by atoms with Crippen LogP contribution >= 0.6 is 0 Å². The van der Waals surface area contributed by atoms with E-state index < -0.39 is 0 Å². The molecule has 14 heavy (non-hydrogen) atoms. The van der Waals surface area contributed by atoms with Gasteiger partial charge in [0, 0.05) is 118 Å². The second-order valence-corrected chi connectivity index (χ2v) is 0. The first kappa shape index (κ1) is 208. The molecule has 88 valence electrons. The van der Waals surface area contributed by atoms with Crippen LogP contribution in [-0.4, -0.2) is 0 Å².